The zero-order valence-electron chi connectivity index (χ0n) is 8.36. The Morgan fingerprint density at radius 2 is 2.06 bits per heavy atom. The predicted molar refractivity (Wildman–Crippen MR) is 58.7 cm³/mol. The lowest BCUT2D eigenvalue weighted by atomic mass is 10.1. The average Bonchev–Trinajstić information content (AvgIpc) is 2.24. The van der Waals surface area contributed by atoms with Gasteiger partial charge >= 0.3 is 6.18 Å². The molecule has 1 nitrogen and oxygen atoms in total. The zero-order chi connectivity index (χ0) is 12.2. The van der Waals surface area contributed by atoms with Gasteiger partial charge in [-0.05, 0) is 18.2 Å². The van der Waals surface area contributed by atoms with Crippen molar-refractivity contribution >= 4 is 15.9 Å². The van der Waals surface area contributed by atoms with Gasteiger partial charge in [0.1, 0.15) is 5.75 Å². The highest BCUT2D eigenvalue weighted by Crippen LogP contribution is 2.32. The van der Waals surface area contributed by atoms with Gasteiger partial charge in [-0.15, -0.1) is 0 Å². The van der Waals surface area contributed by atoms with Crippen molar-refractivity contribution in [1.82, 2.24) is 0 Å². The van der Waals surface area contributed by atoms with Crippen LogP contribution in [0.3, 0.4) is 0 Å². The van der Waals surface area contributed by atoms with Crippen LogP contribution in [0.2, 0.25) is 0 Å². The molecule has 0 aliphatic heterocycles. The Bertz CT molecular complexity index is 429. The van der Waals surface area contributed by atoms with Crippen LogP contribution in [-0.2, 0) is 6.18 Å². The lowest BCUT2D eigenvalue weighted by molar-refractivity contribution is -0.137. The summed E-state index contributed by atoms with van der Waals surface area (Å²) < 4.78 is 42.0. The number of hydrogen-bond donors (Lipinski definition) is 0. The van der Waals surface area contributed by atoms with Crippen molar-refractivity contribution in [3.8, 4) is 17.6 Å². The van der Waals surface area contributed by atoms with Gasteiger partial charge in [-0.2, -0.15) is 13.2 Å². The molecule has 0 N–H and O–H groups in total. The molecule has 0 aliphatic carbocycles. The lowest BCUT2D eigenvalue weighted by Crippen LogP contribution is -2.05. The summed E-state index contributed by atoms with van der Waals surface area (Å²) in [6.45, 7) is 0. The lowest BCUT2D eigenvalue weighted by Gasteiger charge is -2.09. The quantitative estimate of drug-likeness (QED) is 0.569. The van der Waals surface area contributed by atoms with Gasteiger partial charge in [0, 0.05) is 0 Å². The van der Waals surface area contributed by atoms with E-state index in [2.05, 4.69) is 27.8 Å². The highest BCUT2D eigenvalue weighted by molar-refractivity contribution is 9.09. The summed E-state index contributed by atoms with van der Waals surface area (Å²) >= 11 is 3.11. The Morgan fingerprint density at radius 3 is 2.56 bits per heavy atom. The van der Waals surface area contributed by atoms with Gasteiger partial charge < -0.3 is 4.74 Å². The zero-order valence-corrected chi connectivity index (χ0v) is 9.95. The molecule has 0 aromatic heterocycles. The molecular weight excluding hydrogens is 285 g/mol. The molecule has 0 radical (unpaired) electrons. The highest BCUT2D eigenvalue weighted by atomic mass is 79.9. The van der Waals surface area contributed by atoms with Gasteiger partial charge in [0.05, 0.1) is 23.6 Å². The van der Waals surface area contributed by atoms with Crippen molar-refractivity contribution in [1.29, 1.82) is 0 Å². The van der Waals surface area contributed by atoms with Gasteiger partial charge in [-0.1, -0.05) is 27.8 Å². The molecule has 1 aromatic rings. The Labute approximate surface area is 99.7 Å². The summed E-state index contributed by atoms with van der Waals surface area (Å²) in [4.78, 5) is 0. The van der Waals surface area contributed by atoms with Crippen LogP contribution in [0.25, 0.3) is 0 Å². The van der Waals surface area contributed by atoms with Crippen molar-refractivity contribution in [2.24, 2.45) is 0 Å². The number of halogens is 4. The molecule has 0 aliphatic rings. The van der Waals surface area contributed by atoms with Gasteiger partial charge in [0.15, 0.2) is 0 Å². The molecule has 5 heteroatoms. The van der Waals surface area contributed by atoms with Crippen LogP contribution in [0.5, 0.6) is 5.75 Å². The summed E-state index contributed by atoms with van der Waals surface area (Å²) in [5, 5.41) is 0.456. The van der Waals surface area contributed by atoms with E-state index < -0.39 is 11.7 Å². The standard InChI is InChI=1S/C11H8BrF3O/c1-16-10-7-9(11(13,14)15)5-4-8(10)3-2-6-12/h4-5,7H,6H2,1H3. The number of methoxy groups -OCH3 is 1. The Hall–Kier alpha value is -1.15. The van der Waals surface area contributed by atoms with Crippen LogP contribution in [0.15, 0.2) is 18.2 Å². The molecule has 16 heavy (non-hydrogen) atoms. The van der Waals surface area contributed by atoms with E-state index in [1.165, 1.54) is 13.2 Å². The third-order valence-corrected chi connectivity index (χ3v) is 2.10. The molecule has 0 heterocycles. The normalized spacial score (nSPS) is 10.6. The maximum Gasteiger partial charge on any atom is 0.416 e. The molecule has 0 saturated heterocycles. The topological polar surface area (TPSA) is 9.23 Å². The van der Waals surface area contributed by atoms with E-state index in [0.717, 1.165) is 12.1 Å². The van der Waals surface area contributed by atoms with Crippen LogP contribution in [-0.4, -0.2) is 12.4 Å². The fourth-order valence-electron chi connectivity index (χ4n) is 1.10. The smallest absolute Gasteiger partial charge is 0.416 e. The molecule has 0 spiro atoms. The second-order valence-corrected chi connectivity index (χ2v) is 3.41. The molecule has 0 bridgehead atoms. The first kappa shape index (κ1) is 12.9. The molecule has 0 unspecified atom stereocenters. The number of ether oxygens (including phenoxy) is 1. The summed E-state index contributed by atoms with van der Waals surface area (Å²) in [5.74, 6) is 5.53. The Balaban J connectivity index is 3.17. The van der Waals surface area contributed by atoms with Crippen molar-refractivity contribution < 1.29 is 17.9 Å². The first-order chi connectivity index (χ1) is 7.49. The molecule has 1 aromatic carbocycles. The van der Waals surface area contributed by atoms with Crippen LogP contribution >= 0.6 is 15.9 Å². The third kappa shape index (κ3) is 3.17. The van der Waals surface area contributed by atoms with E-state index in [0.29, 0.717) is 10.9 Å². The van der Waals surface area contributed by atoms with E-state index in [1.807, 2.05) is 0 Å². The summed E-state index contributed by atoms with van der Waals surface area (Å²) in [6.07, 6.45) is -4.37. The fourth-order valence-corrected chi connectivity index (χ4v) is 1.24. The predicted octanol–water partition coefficient (Wildman–Crippen LogP) is 3.46. The molecule has 1 rings (SSSR count). The number of hydrogen-bond acceptors (Lipinski definition) is 1. The van der Waals surface area contributed by atoms with E-state index in [1.54, 1.807) is 0 Å². The molecule has 0 saturated carbocycles. The first-order valence-electron chi connectivity index (χ1n) is 4.29. The first-order valence-corrected chi connectivity index (χ1v) is 5.41. The SMILES string of the molecule is COc1cc(C(F)(F)F)ccc1C#CCBr. The van der Waals surface area contributed by atoms with E-state index >= 15 is 0 Å². The third-order valence-electron chi connectivity index (χ3n) is 1.82. The van der Waals surface area contributed by atoms with E-state index in [4.69, 9.17) is 4.74 Å². The molecule has 0 amide bonds. The monoisotopic (exact) mass is 292 g/mol. The minimum absolute atomic E-state index is 0.128. The van der Waals surface area contributed by atoms with Crippen molar-refractivity contribution in [3.05, 3.63) is 29.3 Å². The van der Waals surface area contributed by atoms with Crippen molar-refractivity contribution in [2.75, 3.05) is 12.4 Å². The summed E-state index contributed by atoms with van der Waals surface area (Å²) in [5.41, 5.74) is -0.302. The number of alkyl halides is 4. The minimum Gasteiger partial charge on any atom is -0.495 e. The van der Waals surface area contributed by atoms with Crippen LogP contribution in [0.4, 0.5) is 13.2 Å². The largest absolute Gasteiger partial charge is 0.495 e. The maximum absolute atomic E-state index is 12.4. The Kier molecular flexibility index (Phi) is 4.25. The second-order valence-electron chi connectivity index (χ2n) is 2.85. The summed E-state index contributed by atoms with van der Waals surface area (Å²) in [6, 6.07) is 3.23. The fraction of sp³-hybridized carbons (Fsp3) is 0.273. The second kappa shape index (κ2) is 5.26. The van der Waals surface area contributed by atoms with Gasteiger partial charge in [0.25, 0.3) is 0 Å². The van der Waals surface area contributed by atoms with Crippen molar-refractivity contribution in [2.45, 2.75) is 6.18 Å². The van der Waals surface area contributed by atoms with E-state index in [9.17, 15) is 13.2 Å². The number of rotatable bonds is 1. The minimum atomic E-state index is -4.37. The average molecular weight is 293 g/mol. The Morgan fingerprint density at radius 1 is 1.38 bits per heavy atom. The molecule has 0 fully saturated rings. The van der Waals surface area contributed by atoms with Crippen LogP contribution in [0.1, 0.15) is 11.1 Å². The molecular formula is C11H8BrF3O. The maximum atomic E-state index is 12.4. The highest BCUT2D eigenvalue weighted by Gasteiger charge is 2.31. The van der Waals surface area contributed by atoms with Gasteiger partial charge in [-0.3, -0.25) is 0 Å². The van der Waals surface area contributed by atoms with Gasteiger partial charge in [-0.25, -0.2) is 0 Å². The van der Waals surface area contributed by atoms with Crippen LogP contribution < -0.4 is 4.74 Å². The van der Waals surface area contributed by atoms with E-state index in [-0.39, 0.29) is 5.75 Å². The summed E-state index contributed by atoms with van der Waals surface area (Å²) in [7, 11) is 1.31. The van der Waals surface area contributed by atoms with Crippen molar-refractivity contribution in [3.63, 3.8) is 0 Å². The van der Waals surface area contributed by atoms with Gasteiger partial charge in [0.2, 0.25) is 0 Å². The van der Waals surface area contributed by atoms with Crippen LogP contribution in [0, 0.1) is 11.8 Å². The molecule has 0 atom stereocenters. The number of benzene rings is 1. The molecule has 86 valence electrons.